The van der Waals surface area contributed by atoms with Gasteiger partial charge >= 0.3 is 6.09 Å². The van der Waals surface area contributed by atoms with E-state index in [0.29, 0.717) is 22.8 Å². The van der Waals surface area contributed by atoms with Gasteiger partial charge in [0.2, 0.25) is 16.0 Å². The fraction of sp³-hybridized carbons (Fsp3) is 0.0417. The standard InChI is InChI=1S/C24H22N6O4S/c1-30(18-10-11-21(34-23(25)31)20(15-18)16-6-3-2-4-7-16)22-12-13-27-24(29-22)28-17-8-5-9-19(14-17)35(26,32)33/h2-15H,1H3,(H2,25,31)(H2,26,32,33)(H,27,28,29). The molecule has 0 spiro atoms. The van der Waals surface area contributed by atoms with Crippen molar-refractivity contribution in [2.75, 3.05) is 17.3 Å². The summed E-state index contributed by atoms with van der Waals surface area (Å²) < 4.78 is 28.4. The minimum atomic E-state index is -3.84. The molecule has 11 heteroatoms. The van der Waals surface area contributed by atoms with Gasteiger partial charge in [-0.15, -0.1) is 0 Å². The third kappa shape index (κ3) is 5.72. The van der Waals surface area contributed by atoms with Crippen LogP contribution in [0.4, 0.5) is 27.9 Å². The lowest BCUT2D eigenvalue weighted by Crippen LogP contribution is -2.17. The second kappa shape index (κ2) is 9.79. The monoisotopic (exact) mass is 490 g/mol. The van der Waals surface area contributed by atoms with Crippen molar-refractivity contribution in [3.8, 4) is 16.9 Å². The van der Waals surface area contributed by atoms with E-state index in [0.717, 1.165) is 11.3 Å². The Hall–Kier alpha value is -4.48. The molecule has 10 nitrogen and oxygen atoms in total. The zero-order chi connectivity index (χ0) is 25.0. The van der Waals surface area contributed by atoms with Crippen molar-refractivity contribution in [3.63, 3.8) is 0 Å². The number of nitrogens with one attached hydrogen (secondary N) is 1. The zero-order valence-electron chi connectivity index (χ0n) is 18.6. The van der Waals surface area contributed by atoms with Gasteiger partial charge in [0, 0.05) is 30.2 Å². The number of amides is 1. The van der Waals surface area contributed by atoms with Crippen LogP contribution in [0.1, 0.15) is 0 Å². The first kappa shape index (κ1) is 23.7. The molecule has 0 aliphatic rings. The third-order valence-electron chi connectivity index (χ3n) is 5.05. The molecule has 0 aliphatic heterocycles. The van der Waals surface area contributed by atoms with Crippen molar-refractivity contribution in [2.24, 2.45) is 10.9 Å². The maximum Gasteiger partial charge on any atom is 0.409 e. The van der Waals surface area contributed by atoms with E-state index >= 15 is 0 Å². The molecule has 0 saturated heterocycles. The van der Waals surface area contributed by atoms with Crippen LogP contribution in [0.25, 0.3) is 11.1 Å². The third-order valence-corrected chi connectivity index (χ3v) is 5.96. The number of aromatic nitrogens is 2. The topological polar surface area (TPSA) is 154 Å². The average molecular weight is 491 g/mol. The highest BCUT2D eigenvalue weighted by molar-refractivity contribution is 7.89. The number of nitrogens with two attached hydrogens (primary N) is 2. The molecule has 0 unspecified atom stereocenters. The molecule has 35 heavy (non-hydrogen) atoms. The number of carbonyl (C=O) groups excluding carboxylic acids is 1. The zero-order valence-corrected chi connectivity index (χ0v) is 19.4. The van der Waals surface area contributed by atoms with E-state index in [4.69, 9.17) is 15.6 Å². The van der Waals surface area contributed by atoms with Crippen molar-refractivity contribution in [3.05, 3.63) is 85.1 Å². The second-order valence-corrected chi connectivity index (χ2v) is 9.02. The molecule has 1 amide bonds. The molecule has 1 heterocycles. The molecule has 3 aromatic carbocycles. The van der Waals surface area contributed by atoms with Gasteiger partial charge in [-0.1, -0.05) is 36.4 Å². The molecule has 0 radical (unpaired) electrons. The highest BCUT2D eigenvalue weighted by Crippen LogP contribution is 2.35. The summed E-state index contributed by atoms with van der Waals surface area (Å²) in [6, 6.07) is 22.5. The Morgan fingerprint density at radius 3 is 2.49 bits per heavy atom. The molecule has 5 N–H and O–H groups in total. The van der Waals surface area contributed by atoms with Gasteiger partial charge in [0.25, 0.3) is 0 Å². The Balaban J connectivity index is 1.64. The SMILES string of the molecule is CN(c1ccc(OC(N)=O)c(-c2ccccc2)c1)c1ccnc(Nc2cccc(S(N)(=O)=O)c2)n1. The Bertz CT molecular complexity index is 1480. The first-order valence-corrected chi connectivity index (χ1v) is 11.9. The summed E-state index contributed by atoms with van der Waals surface area (Å²) in [7, 11) is -2.02. The van der Waals surface area contributed by atoms with Gasteiger partial charge in [-0.3, -0.25) is 0 Å². The summed E-state index contributed by atoms with van der Waals surface area (Å²) in [4.78, 5) is 21.9. The number of carbonyl (C=O) groups is 1. The van der Waals surface area contributed by atoms with E-state index in [2.05, 4.69) is 15.3 Å². The van der Waals surface area contributed by atoms with Crippen LogP contribution in [0.15, 0.2) is 90.0 Å². The predicted octanol–water partition coefficient (Wildman–Crippen LogP) is 3.76. The number of primary sulfonamides is 1. The van der Waals surface area contributed by atoms with Crippen LogP contribution in [0.2, 0.25) is 0 Å². The van der Waals surface area contributed by atoms with Gasteiger partial charge in [0.15, 0.2) is 0 Å². The van der Waals surface area contributed by atoms with Gasteiger partial charge in [0.05, 0.1) is 4.90 Å². The van der Waals surface area contributed by atoms with Crippen LogP contribution in [0.3, 0.4) is 0 Å². The molecule has 4 rings (SSSR count). The molecular weight excluding hydrogens is 468 g/mol. The van der Waals surface area contributed by atoms with Gasteiger partial charge in [0.1, 0.15) is 11.6 Å². The summed E-state index contributed by atoms with van der Waals surface area (Å²) in [6.45, 7) is 0. The Morgan fingerprint density at radius 1 is 1.00 bits per heavy atom. The molecule has 0 atom stereocenters. The number of nitrogens with zero attached hydrogens (tertiary/aromatic N) is 3. The summed E-state index contributed by atoms with van der Waals surface area (Å²) >= 11 is 0. The largest absolute Gasteiger partial charge is 0.410 e. The van der Waals surface area contributed by atoms with E-state index in [-0.39, 0.29) is 10.8 Å². The van der Waals surface area contributed by atoms with Gasteiger partial charge < -0.3 is 20.7 Å². The minimum absolute atomic E-state index is 0.0255. The van der Waals surface area contributed by atoms with Crippen molar-refractivity contribution in [2.45, 2.75) is 4.90 Å². The lowest BCUT2D eigenvalue weighted by atomic mass is 10.0. The maximum atomic E-state index is 11.6. The van der Waals surface area contributed by atoms with Gasteiger partial charge in [-0.25, -0.2) is 23.3 Å². The number of ether oxygens (including phenoxy) is 1. The molecule has 0 fully saturated rings. The molecule has 1 aromatic heterocycles. The number of hydrogen-bond acceptors (Lipinski definition) is 8. The number of benzene rings is 3. The van der Waals surface area contributed by atoms with Crippen molar-refractivity contribution >= 4 is 39.3 Å². The molecule has 0 bridgehead atoms. The molecular formula is C24H22N6O4S. The number of hydrogen-bond donors (Lipinski definition) is 3. The highest BCUT2D eigenvalue weighted by Gasteiger charge is 2.14. The normalized spacial score (nSPS) is 11.0. The lowest BCUT2D eigenvalue weighted by molar-refractivity contribution is 0.211. The lowest BCUT2D eigenvalue weighted by Gasteiger charge is -2.21. The predicted molar refractivity (Wildman–Crippen MR) is 133 cm³/mol. The van der Waals surface area contributed by atoms with Crippen molar-refractivity contribution in [1.82, 2.24) is 9.97 Å². The van der Waals surface area contributed by atoms with E-state index in [9.17, 15) is 13.2 Å². The van der Waals surface area contributed by atoms with Crippen LogP contribution in [-0.2, 0) is 10.0 Å². The van der Waals surface area contributed by atoms with Crippen LogP contribution < -0.4 is 25.8 Å². The average Bonchev–Trinajstić information content (AvgIpc) is 2.84. The van der Waals surface area contributed by atoms with Crippen LogP contribution in [0, 0.1) is 0 Å². The first-order valence-electron chi connectivity index (χ1n) is 10.3. The van der Waals surface area contributed by atoms with E-state index in [1.165, 1.54) is 12.1 Å². The van der Waals surface area contributed by atoms with E-state index < -0.39 is 16.1 Å². The summed E-state index contributed by atoms with van der Waals surface area (Å²) in [6.07, 6.45) is 0.675. The highest BCUT2D eigenvalue weighted by atomic mass is 32.2. The van der Waals surface area contributed by atoms with Crippen LogP contribution in [0.5, 0.6) is 5.75 Å². The van der Waals surface area contributed by atoms with Gasteiger partial charge in [-0.2, -0.15) is 4.98 Å². The van der Waals surface area contributed by atoms with Crippen LogP contribution >= 0.6 is 0 Å². The summed E-state index contributed by atoms with van der Waals surface area (Å²) in [5, 5.41) is 8.20. The number of anilines is 4. The molecule has 0 aliphatic carbocycles. The fourth-order valence-corrected chi connectivity index (χ4v) is 3.94. The second-order valence-electron chi connectivity index (χ2n) is 7.46. The van der Waals surface area contributed by atoms with Crippen molar-refractivity contribution < 1.29 is 17.9 Å². The Kier molecular flexibility index (Phi) is 6.62. The quantitative estimate of drug-likeness (QED) is 0.354. The molecule has 4 aromatic rings. The number of primary amides is 1. The fourth-order valence-electron chi connectivity index (χ4n) is 3.38. The molecule has 0 saturated carbocycles. The van der Waals surface area contributed by atoms with E-state index in [1.54, 1.807) is 36.5 Å². The molecule has 178 valence electrons. The maximum absolute atomic E-state index is 11.6. The summed E-state index contributed by atoms with van der Waals surface area (Å²) in [5.74, 6) is 1.16. The minimum Gasteiger partial charge on any atom is -0.410 e. The number of sulfonamides is 1. The van der Waals surface area contributed by atoms with Crippen LogP contribution in [-0.4, -0.2) is 31.5 Å². The van der Waals surface area contributed by atoms with Crippen molar-refractivity contribution in [1.29, 1.82) is 0 Å². The summed E-state index contributed by atoms with van der Waals surface area (Å²) in [5.41, 5.74) is 8.00. The number of rotatable bonds is 7. The smallest absolute Gasteiger partial charge is 0.409 e. The van der Waals surface area contributed by atoms with Gasteiger partial charge in [-0.05, 0) is 48.0 Å². The Labute approximate surface area is 202 Å². The Morgan fingerprint density at radius 2 is 1.77 bits per heavy atom. The first-order chi connectivity index (χ1) is 16.7. The van der Waals surface area contributed by atoms with E-state index in [1.807, 2.05) is 48.3 Å².